The average molecular weight is 292 g/mol. The number of benzene rings is 2. The molecular formula is C15H14F2N2O2. The van der Waals surface area contributed by atoms with Gasteiger partial charge in [-0.2, -0.15) is 0 Å². The van der Waals surface area contributed by atoms with E-state index in [1.807, 2.05) is 0 Å². The SMILES string of the molecule is Nc1ccc(F)c(NC(=O)CCOc2ccccc2F)c1. The molecule has 0 atom stereocenters. The molecule has 6 heteroatoms. The van der Waals surface area contributed by atoms with Gasteiger partial charge in [0.1, 0.15) is 5.82 Å². The highest BCUT2D eigenvalue weighted by molar-refractivity contribution is 5.91. The Morgan fingerprint density at radius 1 is 1.14 bits per heavy atom. The lowest BCUT2D eigenvalue weighted by Crippen LogP contribution is -2.16. The van der Waals surface area contributed by atoms with E-state index in [1.165, 1.54) is 36.4 Å². The molecule has 0 unspecified atom stereocenters. The second kappa shape index (κ2) is 6.69. The van der Waals surface area contributed by atoms with Gasteiger partial charge in [-0.1, -0.05) is 12.1 Å². The zero-order chi connectivity index (χ0) is 15.2. The molecule has 0 spiro atoms. The summed E-state index contributed by atoms with van der Waals surface area (Å²) in [5.41, 5.74) is 5.86. The lowest BCUT2D eigenvalue weighted by molar-refractivity contribution is -0.116. The van der Waals surface area contributed by atoms with Gasteiger partial charge in [-0.05, 0) is 30.3 Å². The van der Waals surface area contributed by atoms with E-state index < -0.39 is 17.5 Å². The molecule has 4 nitrogen and oxygen atoms in total. The van der Waals surface area contributed by atoms with Gasteiger partial charge in [-0.3, -0.25) is 4.79 Å². The fourth-order valence-corrected chi connectivity index (χ4v) is 1.67. The number of rotatable bonds is 5. The van der Waals surface area contributed by atoms with Crippen molar-refractivity contribution in [2.75, 3.05) is 17.7 Å². The molecule has 2 rings (SSSR count). The molecule has 0 saturated carbocycles. The summed E-state index contributed by atoms with van der Waals surface area (Å²) in [4.78, 5) is 11.7. The van der Waals surface area contributed by atoms with Crippen LogP contribution in [0.2, 0.25) is 0 Å². The van der Waals surface area contributed by atoms with Crippen molar-refractivity contribution in [2.45, 2.75) is 6.42 Å². The molecule has 0 saturated heterocycles. The van der Waals surface area contributed by atoms with Gasteiger partial charge in [0.15, 0.2) is 11.6 Å². The fraction of sp³-hybridized carbons (Fsp3) is 0.133. The first-order valence-corrected chi connectivity index (χ1v) is 6.28. The highest BCUT2D eigenvalue weighted by atomic mass is 19.1. The Morgan fingerprint density at radius 2 is 1.90 bits per heavy atom. The van der Waals surface area contributed by atoms with Crippen molar-refractivity contribution in [3.05, 3.63) is 54.1 Å². The first kappa shape index (κ1) is 14.8. The van der Waals surface area contributed by atoms with Crippen molar-refractivity contribution < 1.29 is 18.3 Å². The largest absolute Gasteiger partial charge is 0.490 e. The second-order valence-corrected chi connectivity index (χ2v) is 4.32. The molecule has 0 heterocycles. The van der Waals surface area contributed by atoms with Gasteiger partial charge in [0, 0.05) is 5.69 Å². The Kier molecular flexibility index (Phi) is 4.71. The van der Waals surface area contributed by atoms with Crippen LogP contribution < -0.4 is 15.8 Å². The van der Waals surface area contributed by atoms with Gasteiger partial charge in [-0.25, -0.2) is 8.78 Å². The van der Waals surface area contributed by atoms with E-state index >= 15 is 0 Å². The van der Waals surface area contributed by atoms with Crippen LogP contribution in [0.3, 0.4) is 0 Å². The van der Waals surface area contributed by atoms with Gasteiger partial charge < -0.3 is 15.8 Å². The Labute approximate surface area is 120 Å². The summed E-state index contributed by atoms with van der Waals surface area (Å²) in [6.45, 7) is -0.0172. The number of amides is 1. The van der Waals surface area contributed by atoms with Gasteiger partial charge in [0.25, 0.3) is 0 Å². The third-order valence-corrected chi connectivity index (χ3v) is 2.69. The molecule has 3 N–H and O–H groups in total. The van der Waals surface area contributed by atoms with E-state index in [4.69, 9.17) is 10.5 Å². The molecule has 0 bridgehead atoms. The van der Waals surface area contributed by atoms with E-state index in [1.54, 1.807) is 6.07 Å². The van der Waals surface area contributed by atoms with Crippen molar-refractivity contribution >= 4 is 17.3 Å². The summed E-state index contributed by atoms with van der Waals surface area (Å²) in [6, 6.07) is 9.78. The molecule has 2 aromatic carbocycles. The van der Waals surface area contributed by atoms with Crippen LogP contribution in [-0.2, 0) is 4.79 Å². The number of halogens is 2. The maximum atomic E-state index is 13.4. The normalized spacial score (nSPS) is 10.2. The number of carbonyl (C=O) groups excluding carboxylic acids is 1. The summed E-state index contributed by atoms with van der Waals surface area (Å²) in [7, 11) is 0. The number of hydrogen-bond acceptors (Lipinski definition) is 3. The number of para-hydroxylation sites is 1. The molecule has 0 radical (unpaired) electrons. The molecule has 0 fully saturated rings. The highest BCUT2D eigenvalue weighted by Gasteiger charge is 2.08. The maximum Gasteiger partial charge on any atom is 0.227 e. The summed E-state index contributed by atoms with van der Waals surface area (Å²) >= 11 is 0. The zero-order valence-electron chi connectivity index (χ0n) is 11.1. The Bertz CT molecular complexity index is 647. The van der Waals surface area contributed by atoms with Crippen molar-refractivity contribution in [3.8, 4) is 5.75 Å². The van der Waals surface area contributed by atoms with Crippen LogP contribution in [0, 0.1) is 11.6 Å². The minimum absolute atomic E-state index is 0.00546. The van der Waals surface area contributed by atoms with Crippen LogP contribution in [0.25, 0.3) is 0 Å². The van der Waals surface area contributed by atoms with Crippen molar-refractivity contribution in [1.29, 1.82) is 0 Å². The number of nitrogens with two attached hydrogens (primary N) is 1. The van der Waals surface area contributed by atoms with E-state index in [-0.39, 0.29) is 24.5 Å². The molecule has 0 aliphatic rings. The van der Waals surface area contributed by atoms with E-state index in [0.29, 0.717) is 5.69 Å². The van der Waals surface area contributed by atoms with Gasteiger partial charge in [0.2, 0.25) is 5.91 Å². The summed E-state index contributed by atoms with van der Waals surface area (Å²) in [5.74, 6) is -1.45. The minimum Gasteiger partial charge on any atom is -0.490 e. The van der Waals surface area contributed by atoms with Crippen molar-refractivity contribution in [3.63, 3.8) is 0 Å². The molecular weight excluding hydrogens is 278 g/mol. The molecule has 0 aromatic heterocycles. The van der Waals surface area contributed by atoms with Crippen LogP contribution in [0.15, 0.2) is 42.5 Å². The van der Waals surface area contributed by atoms with Crippen molar-refractivity contribution in [1.82, 2.24) is 0 Å². The van der Waals surface area contributed by atoms with Gasteiger partial charge in [-0.15, -0.1) is 0 Å². The standard InChI is InChI=1S/C15H14F2N2O2/c16-11-6-5-10(18)9-13(11)19-15(20)7-8-21-14-4-2-1-3-12(14)17/h1-6,9H,7-8,18H2,(H,19,20). The van der Waals surface area contributed by atoms with E-state index in [0.717, 1.165) is 0 Å². The third-order valence-electron chi connectivity index (χ3n) is 2.69. The topological polar surface area (TPSA) is 64.3 Å². The van der Waals surface area contributed by atoms with Crippen LogP contribution in [-0.4, -0.2) is 12.5 Å². The lowest BCUT2D eigenvalue weighted by atomic mass is 10.2. The smallest absolute Gasteiger partial charge is 0.227 e. The van der Waals surface area contributed by atoms with Gasteiger partial charge >= 0.3 is 0 Å². The fourth-order valence-electron chi connectivity index (χ4n) is 1.67. The van der Waals surface area contributed by atoms with E-state index in [2.05, 4.69) is 5.32 Å². The van der Waals surface area contributed by atoms with Gasteiger partial charge in [0.05, 0.1) is 18.7 Å². The molecule has 1 amide bonds. The number of carbonyl (C=O) groups is 1. The summed E-state index contributed by atoms with van der Waals surface area (Å²) in [6.07, 6.45) is -0.0391. The molecule has 0 aliphatic carbocycles. The minimum atomic E-state index is -0.576. The maximum absolute atomic E-state index is 13.4. The van der Waals surface area contributed by atoms with Crippen LogP contribution >= 0.6 is 0 Å². The van der Waals surface area contributed by atoms with Crippen LogP contribution in [0.1, 0.15) is 6.42 Å². The second-order valence-electron chi connectivity index (χ2n) is 4.32. The number of hydrogen-bond donors (Lipinski definition) is 2. The lowest BCUT2D eigenvalue weighted by Gasteiger charge is -2.09. The quantitative estimate of drug-likeness (QED) is 0.833. The number of ether oxygens (including phenoxy) is 1. The zero-order valence-corrected chi connectivity index (χ0v) is 11.1. The monoisotopic (exact) mass is 292 g/mol. The number of nitrogen functional groups attached to an aromatic ring is 1. The Morgan fingerprint density at radius 3 is 2.67 bits per heavy atom. The molecule has 110 valence electrons. The summed E-state index contributed by atoms with van der Waals surface area (Å²) < 4.78 is 31.8. The molecule has 21 heavy (non-hydrogen) atoms. The predicted molar refractivity (Wildman–Crippen MR) is 76.0 cm³/mol. The predicted octanol–water partition coefficient (Wildman–Crippen LogP) is 2.95. The third kappa shape index (κ3) is 4.17. The average Bonchev–Trinajstić information content (AvgIpc) is 2.45. The highest BCUT2D eigenvalue weighted by Crippen LogP contribution is 2.18. The summed E-state index contributed by atoms with van der Waals surface area (Å²) in [5, 5.41) is 2.38. The number of anilines is 2. The first-order valence-electron chi connectivity index (χ1n) is 6.28. The first-order chi connectivity index (χ1) is 10.1. The molecule has 0 aliphatic heterocycles. The van der Waals surface area contributed by atoms with Crippen LogP contribution in [0.5, 0.6) is 5.75 Å². The van der Waals surface area contributed by atoms with Crippen molar-refractivity contribution in [2.24, 2.45) is 0 Å². The van der Waals surface area contributed by atoms with E-state index in [9.17, 15) is 13.6 Å². The van der Waals surface area contributed by atoms with Crippen LogP contribution in [0.4, 0.5) is 20.2 Å². The number of nitrogens with one attached hydrogen (secondary N) is 1. The molecule has 2 aromatic rings. The Hall–Kier alpha value is -2.63. The Balaban J connectivity index is 1.85.